The molecule has 3 heterocycles. The monoisotopic (exact) mass is 341 g/mol. The number of hydrogen-bond acceptors (Lipinski definition) is 5. The summed E-state index contributed by atoms with van der Waals surface area (Å²) < 4.78 is 0. The van der Waals surface area contributed by atoms with Gasteiger partial charge in [-0.05, 0) is 37.8 Å². The molecule has 0 aromatic carbocycles. The van der Waals surface area contributed by atoms with E-state index in [0.717, 1.165) is 51.1 Å². The van der Waals surface area contributed by atoms with Crippen LogP contribution in [-0.4, -0.2) is 47.9 Å². The number of aromatic nitrogens is 1. The molecule has 7 nitrogen and oxygen atoms in total. The summed E-state index contributed by atoms with van der Waals surface area (Å²) in [5, 5.41) is 8.84. The van der Waals surface area contributed by atoms with Crippen LogP contribution in [0.1, 0.15) is 31.2 Å². The molecule has 0 radical (unpaired) electrons. The number of likely N-dealkylation sites (tertiary alicyclic amines) is 1. The number of nitriles is 1. The fourth-order valence-corrected chi connectivity index (χ4v) is 3.66. The molecule has 2 aliphatic heterocycles. The van der Waals surface area contributed by atoms with E-state index in [1.807, 2.05) is 11.0 Å². The van der Waals surface area contributed by atoms with Gasteiger partial charge in [0.05, 0.1) is 11.5 Å². The van der Waals surface area contributed by atoms with Crippen LogP contribution in [0.5, 0.6) is 0 Å². The topological polar surface area (TPSA) is 103 Å². The van der Waals surface area contributed by atoms with Gasteiger partial charge in [-0.15, -0.1) is 0 Å². The lowest BCUT2D eigenvalue weighted by Crippen LogP contribution is -2.48. The standard InChI is InChI=1S/C18H23N5O2/c19-10-13-3-4-16(21-11-13)22-8-5-14(6-9-22)18(25)23-7-1-2-15(12-23)17(20)24/h3-4,11,14-15H,1-2,5-9,12H2,(H2,20,24)/t15-/m0/s1. The van der Waals surface area contributed by atoms with Gasteiger partial charge in [0.25, 0.3) is 0 Å². The second kappa shape index (κ2) is 7.51. The highest BCUT2D eigenvalue weighted by Gasteiger charge is 2.33. The predicted octanol–water partition coefficient (Wildman–Crippen LogP) is 0.894. The van der Waals surface area contributed by atoms with Crippen LogP contribution in [0.3, 0.4) is 0 Å². The van der Waals surface area contributed by atoms with E-state index in [0.29, 0.717) is 12.1 Å². The SMILES string of the molecule is N#Cc1ccc(N2CCC(C(=O)N3CCC[C@H](C(N)=O)C3)CC2)nc1. The molecule has 0 saturated carbocycles. The summed E-state index contributed by atoms with van der Waals surface area (Å²) in [5.74, 6) is 0.483. The summed E-state index contributed by atoms with van der Waals surface area (Å²) >= 11 is 0. The quantitative estimate of drug-likeness (QED) is 0.879. The summed E-state index contributed by atoms with van der Waals surface area (Å²) in [7, 11) is 0. The van der Waals surface area contributed by atoms with Crippen molar-refractivity contribution in [3.8, 4) is 6.07 Å². The number of primary amides is 1. The first-order chi connectivity index (χ1) is 12.1. The van der Waals surface area contributed by atoms with Crippen LogP contribution in [0.4, 0.5) is 5.82 Å². The minimum atomic E-state index is -0.306. The molecule has 3 rings (SSSR count). The Labute approximate surface area is 147 Å². The second-order valence-corrected chi connectivity index (χ2v) is 6.80. The number of amides is 2. The third kappa shape index (κ3) is 3.90. The Morgan fingerprint density at radius 2 is 1.92 bits per heavy atom. The highest BCUT2D eigenvalue weighted by molar-refractivity contribution is 5.81. The number of hydrogen-bond donors (Lipinski definition) is 1. The van der Waals surface area contributed by atoms with Gasteiger partial charge in [0.1, 0.15) is 11.9 Å². The van der Waals surface area contributed by atoms with E-state index in [9.17, 15) is 9.59 Å². The van der Waals surface area contributed by atoms with Crippen molar-refractivity contribution in [3.05, 3.63) is 23.9 Å². The van der Waals surface area contributed by atoms with Gasteiger partial charge in [-0.2, -0.15) is 5.26 Å². The summed E-state index contributed by atoms with van der Waals surface area (Å²) in [4.78, 5) is 32.4. The van der Waals surface area contributed by atoms with E-state index < -0.39 is 0 Å². The highest BCUT2D eigenvalue weighted by atomic mass is 16.2. The maximum absolute atomic E-state index is 12.8. The Kier molecular flexibility index (Phi) is 5.17. The number of carbonyl (C=O) groups is 2. The van der Waals surface area contributed by atoms with Gasteiger partial charge >= 0.3 is 0 Å². The Hall–Kier alpha value is -2.62. The van der Waals surface area contributed by atoms with Gasteiger partial charge in [0.15, 0.2) is 0 Å². The molecule has 7 heteroatoms. The fourth-order valence-electron chi connectivity index (χ4n) is 3.66. The van der Waals surface area contributed by atoms with Crippen molar-refractivity contribution in [2.75, 3.05) is 31.1 Å². The Morgan fingerprint density at radius 1 is 1.16 bits per heavy atom. The van der Waals surface area contributed by atoms with Gasteiger partial charge in [-0.25, -0.2) is 4.98 Å². The summed E-state index contributed by atoms with van der Waals surface area (Å²) in [6.07, 6.45) is 4.75. The zero-order valence-electron chi connectivity index (χ0n) is 14.2. The molecule has 0 unspecified atom stereocenters. The molecule has 0 bridgehead atoms. The first-order valence-corrected chi connectivity index (χ1v) is 8.77. The smallest absolute Gasteiger partial charge is 0.225 e. The van der Waals surface area contributed by atoms with Crippen molar-refractivity contribution in [1.82, 2.24) is 9.88 Å². The van der Waals surface area contributed by atoms with Crippen LogP contribution in [0.25, 0.3) is 0 Å². The number of anilines is 1. The molecular weight excluding hydrogens is 318 g/mol. The van der Waals surface area contributed by atoms with E-state index in [1.165, 1.54) is 0 Å². The molecule has 0 spiro atoms. The first-order valence-electron chi connectivity index (χ1n) is 8.77. The Balaban J connectivity index is 1.55. The average Bonchev–Trinajstić information content (AvgIpc) is 2.67. The van der Waals surface area contributed by atoms with Crippen molar-refractivity contribution < 1.29 is 9.59 Å². The molecule has 25 heavy (non-hydrogen) atoms. The third-order valence-corrected chi connectivity index (χ3v) is 5.18. The average molecular weight is 341 g/mol. The molecule has 1 aromatic heterocycles. The minimum absolute atomic E-state index is 0.00117. The molecule has 2 N–H and O–H groups in total. The van der Waals surface area contributed by atoms with Crippen molar-refractivity contribution in [2.45, 2.75) is 25.7 Å². The van der Waals surface area contributed by atoms with Gasteiger partial charge in [-0.1, -0.05) is 0 Å². The van der Waals surface area contributed by atoms with Gasteiger partial charge in [-0.3, -0.25) is 9.59 Å². The number of rotatable bonds is 3. The van der Waals surface area contributed by atoms with Crippen LogP contribution in [0.15, 0.2) is 18.3 Å². The third-order valence-electron chi connectivity index (χ3n) is 5.18. The zero-order valence-corrected chi connectivity index (χ0v) is 14.2. The summed E-state index contributed by atoms with van der Waals surface area (Å²) in [6.45, 7) is 2.72. The molecule has 1 aromatic rings. The van der Waals surface area contributed by atoms with Crippen LogP contribution in [0, 0.1) is 23.2 Å². The van der Waals surface area contributed by atoms with Gasteiger partial charge in [0, 0.05) is 38.3 Å². The van der Waals surface area contributed by atoms with E-state index in [1.54, 1.807) is 12.3 Å². The van der Waals surface area contributed by atoms with Crippen molar-refractivity contribution in [1.29, 1.82) is 5.26 Å². The maximum Gasteiger partial charge on any atom is 0.225 e. The molecular formula is C18H23N5O2. The molecule has 2 aliphatic rings. The number of pyridine rings is 1. The van der Waals surface area contributed by atoms with E-state index in [-0.39, 0.29) is 23.7 Å². The van der Waals surface area contributed by atoms with E-state index >= 15 is 0 Å². The minimum Gasteiger partial charge on any atom is -0.369 e. The number of nitrogens with two attached hydrogens (primary N) is 1. The molecule has 2 saturated heterocycles. The van der Waals surface area contributed by atoms with E-state index in [2.05, 4.69) is 16.0 Å². The van der Waals surface area contributed by atoms with Crippen LogP contribution in [-0.2, 0) is 9.59 Å². The summed E-state index contributed by atoms with van der Waals surface area (Å²) in [6, 6.07) is 5.67. The lowest BCUT2D eigenvalue weighted by Gasteiger charge is -2.37. The largest absolute Gasteiger partial charge is 0.369 e. The zero-order chi connectivity index (χ0) is 17.8. The van der Waals surface area contributed by atoms with Crippen LogP contribution >= 0.6 is 0 Å². The van der Waals surface area contributed by atoms with E-state index in [4.69, 9.17) is 11.0 Å². The molecule has 0 aliphatic carbocycles. The summed E-state index contributed by atoms with van der Waals surface area (Å²) in [5.41, 5.74) is 5.95. The number of nitrogens with zero attached hydrogens (tertiary/aromatic N) is 4. The number of carbonyl (C=O) groups excluding carboxylic acids is 2. The highest BCUT2D eigenvalue weighted by Crippen LogP contribution is 2.25. The van der Waals surface area contributed by atoms with Crippen molar-refractivity contribution in [3.63, 3.8) is 0 Å². The molecule has 132 valence electrons. The maximum atomic E-state index is 12.8. The van der Waals surface area contributed by atoms with Gasteiger partial charge in [0.2, 0.25) is 11.8 Å². The van der Waals surface area contributed by atoms with Crippen LogP contribution in [0.2, 0.25) is 0 Å². The predicted molar refractivity (Wildman–Crippen MR) is 92.4 cm³/mol. The molecule has 2 fully saturated rings. The number of piperidine rings is 2. The first kappa shape index (κ1) is 17.2. The second-order valence-electron chi connectivity index (χ2n) is 6.80. The molecule has 1 atom stereocenters. The van der Waals surface area contributed by atoms with Crippen molar-refractivity contribution >= 4 is 17.6 Å². The Morgan fingerprint density at radius 3 is 2.52 bits per heavy atom. The normalized spacial score (nSPS) is 21.6. The van der Waals surface area contributed by atoms with Crippen molar-refractivity contribution in [2.24, 2.45) is 17.6 Å². The lowest BCUT2D eigenvalue weighted by atomic mass is 9.92. The lowest BCUT2D eigenvalue weighted by molar-refractivity contribution is -0.139. The van der Waals surface area contributed by atoms with Gasteiger partial charge < -0.3 is 15.5 Å². The molecule has 2 amide bonds. The Bertz CT molecular complexity index is 674. The van der Waals surface area contributed by atoms with Crippen LogP contribution < -0.4 is 10.6 Å². The fraction of sp³-hybridized carbons (Fsp3) is 0.556.